The minimum Gasteiger partial charge on any atom is -0.497 e. The zero-order valence-corrected chi connectivity index (χ0v) is 11.2. The van der Waals surface area contributed by atoms with E-state index in [1.807, 2.05) is 31.2 Å². The molecule has 0 radical (unpaired) electrons. The molecule has 1 aromatic carbocycles. The van der Waals surface area contributed by atoms with Gasteiger partial charge in [-0.3, -0.25) is 4.79 Å². The van der Waals surface area contributed by atoms with E-state index in [4.69, 9.17) is 4.74 Å². The number of hydrogen-bond acceptors (Lipinski definition) is 3. The number of ether oxygens (including phenoxy) is 1. The predicted octanol–water partition coefficient (Wildman–Crippen LogP) is 1.35. The molecule has 0 spiro atoms. The first-order chi connectivity index (χ1) is 8.76. The third kappa shape index (κ3) is 5.68. The van der Waals surface area contributed by atoms with E-state index < -0.39 is 0 Å². The van der Waals surface area contributed by atoms with Crippen molar-refractivity contribution in [3.8, 4) is 5.75 Å². The first kappa shape index (κ1) is 14.5. The standard InChI is InChI=1S/C14H22N2O2/c1-3-9-16-14(17)11-15-10-8-12-4-6-13(18-2)7-5-12/h4-7,15H,3,8-11H2,1-2H3,(H,16,17). The van der Waals surface area contributed by atoms with Gasteiger partial charge in [-0.1, -0.05) is 19.1 Å². The molecule has 0 aliphatic heterocycles. The summed E-state index contributed by atoms with van der Waals surface area (Å²) in [7, 11) is 1.66. The monoisotopic (exact) mass is 250 g/mol. The summed E-state index contributed by atoms with van der Waals surface area (Å²) in [6.45, 7) is 3.97. The maximum absolute atomic E-state index is 11.3. The fraction of sp³-hybridized carbons (Fsp3) is 0.500. The Morgan fingerprint density at radius 2 is 1.94 bits per heavy atom. The number of carbonyl (C=O) groups is 1. The lowest BCUT2D eigenvalue weighted by Gasteiger charge is -2.06. The van der Waals surface area contributed by atoms with Gasteiger partial charge < -0.3 is 15.4 Å². The lowest BCUT2D eigenvalue weighted by Crippen LogP contribution is -2.35. The van der Waals surface area contributed by atoms with Gasteiger partial charge in [0.05, 0.1) is 13.7 Å². The molecule has 0 aromatic heterocycles. The Labute approximate surface area is 109 Å². The van der Waals surface area contributed by atoms with E-state index in [1.165, 1.54) is 5.56 Å². The molecular formula is C14H22N2O2. The van der Waals surface area contributed by atoms with Gasteiger partial charge in [0.1, 0.15) is 5.75 Å². The van der Waals surface area contributed by atoms with Crippen LogP contribution in [0, 0.1) is 0 Å². The molecule has 1 rings (SSSR count). The van der Waals surface area contributed by atoms with Crippen LogP contribution in [0.5, 0.6) is 5.75 Å². The Bertz CT molecular complexity index is 349. The SMILES string of the molecule is CCCNC(=O)CNCCc1ccc(OC)cc1. The van der Waals surface area contributed by atoms with Crippen molar-refractivity contribution in [3.63, 3.8) is 0 Å². The summed E-state index contributed by atoms with van der Waals surface area (Å²) < 4.78 is 5.10. The van der Waals surface area contributed by atoms with Crippen LogP contribution in [0.25, 0.3) is 0 Å². The van der Waals surface area contributed by atoms with Crippen molar-refractivity contribution < 1.29 is 9.53 Å². The van der Waals surface area contributed by atoms with Crippen molar-refractivity contribution in [3.05, 3.63) is 29.8 Å². The van der Waals surface area contributed by atoms with Gasteiger partial charge in [0, 0.05) is 6.54 Å². The van der Waals surface area contributed by atoms with E-state index in [-0.39, 0.29) is 5.91 Å². The highest BCUT2D eigenvalue weighted by molar-refractivity contribution is 5.77. The Kier molecular flexibility index (Phi) is 6.87. The highest BCUT2D eigenvalue weighted by Crippen LogP contribution is 2.11. The van der Waals surface area contributed by atoms with Crippen molar-refractivity contribution in [2.75, 3.05) is 26.7 Å². The second kappa shape index (κ2) is 8.53. The van der Waals surface area contributed by atoms with Crippen LogP contribution in [0.4, 0.5) is 0 Å². The number of amides is 1. The Morgan fingerprint density at radius 1 is 1.22 bits per heavy atom. The summed E-state index contributed by atoms with van der Waals surface area (Å²) in [4.78, 5) is 11.3. The van der Waals surface area contributed by atoms with Crippen molar-refractivity contribution >= 4 is 5.91 Å². The third-order valence-corrected chi connectivity index (χ3v) is 2.61. The van der Waals surface area contributed by atoms with Gasteiger partial charge in [-0.15, -0.1) is 0 Å². The fourth-order valence-corrected chi connectivity index (χ4v) is 1.55. The van der Waals surface area contributed by atoms with Gasteiger partial charge in [-0.2, -0.15) is 0 Å². The molecule has 4 heteroatoms. The normalized spacial score (nSPS) is 10.1. The quantitative estimate of drug-likeness (QED) is 0.685. The molecule has 0 aliphatic rings. The predicted molar refractivity (Wildman–Crippen MR) is 72.9 cm³/mol. The highest BCUT2D eigenvalue weighted by Gasteiger charge is 1.99. The zero-order valence-electron chi connectivity index (χ0n) is 11.2. The van der Waals surface area contributed by atoms with Gasteiger partial charge in [-0.25, -0.2) is 0 Å². The molecule has 0 bridgehead atoms. The second-order valence-corrected chi connectivity index (χ2v) is 4.12. The average Bonchev–Trinajstić information content (AvgIpc) is 2.42. The Morgan fingerprint density at radius 3 is 2.56 bits per heavy atom. The van der Waals surface area contributed by atoms with Crippen LogP contribution in [-0.4, -0.2) is 32.7 Å². The second-order valence-electron chi connectivity index (χ2n) is 4.12. The largest absolute Gasteiger partial charge is 0.497 e. The molecule has 1 amide bonds. The van der Waals surface area contributed by atoms with Gasteiger partial charge in [0.2, 0.25) is 5.91 Å². The number of rotatable bonds is 8. The molecular weight excluding hydrogens is 228 g/mol. The van der Waals surface area contributed by atoms with E-state index in [2.05, 4.69) is 10.6 Å². The van der Waals surface area contributed by atoms with Crippen molar-refractivity contribution in [1.29, 1.82) is 0 Å². The molecule has 0 aliphatic carbocycles. The van der Waals surface area contributed by atoms with Crippen molar-refractivity contribution in [2.45, 2.75) is 19.8 Å². The molecule has 1 aromatic rings. The maximum Gasteiger partial charge on any atom is 0.233 e. The van der Waals surface area contributed by atoms with Crippen LogP contribution in [0.1, 0.15) is 18.9 Å². The van der Waals surface area contributed by atoms with Crippen LogP contribution in [0.2, 0.25) is 0 Å². The molecule has 0 unspecified atom stereocenters. The third-order valence-electron chi connectivity index (χ3n) is 2.61. The minimum absolute atomic E-state index is 0.0616. The molecule has 18 heavy (non-hydrogen) atoms. The lowest BCUT2D eigenvalue weighted by molar-refractivity contribution is -0.120. The summed E-state index contributed by atoms with van der Waals surface area (Å²) in [6.07, 6.45) is 1.88. The Hall–Kier alpha value is -1.55. The average molecular weight is 250 g/mol. The van der Waals surface area contributed by atoms with Crippen LogP contribution in [0.15, 0.2) is 24.3 Å². The van der Waals surface area contributed by atoms with Crippen molar-refractivity contribution in [1.82, 2.24) is 10.6 Å². The number of nitrogens with one attached hydrogen (secondary N) is 2. The van der Waals surface area contributed by atoms with Gasteiger partial charge in [-0.05, 0) is 37.1 Å². The maximum atomic E-state index is 11.3. The zero-order chi connectivity index (χ0) is 13.2. The highest BCUT2D eigenvalue weighted by atomic mass is 16.5. The van der Waals surface area contributed by atoms with E-state index in [0.29, 0.717) is 6.54 Å². The molecule has 0 heterocycles. The molecule has 0 saturated heterocycles. The molecule has 100 valence electrons. The van der Waals surface area contributed by atoms with E-state index in [0.717, 1.165) is 31.7 Å². The summed E-state index contributed by atoms with van der Waals surface area (Å²) in [5.41, 5.74) is 1.23. The fourth-order valence-electron chi connectivity index (χ4n) is 1.55. The molecule has 2 N–H and O–H groups in total. The number of carbonyl (C=O) groups excluding carboxylic acids is 1. The van der Waals surface area contributed by atoms with Crippen LogP contribution in [0.3, 0.4) is 0 Å². The molecule has 4 nitrogen and oxygen atoms in total. The summed E-state index contributed by atoms with van der Waals surface area (Å²) in [6, 6.07) is 7.97. The van der Waals surface area contributed by atoms with E-state index in [1.54, 1.807) is 7.11 Å². The van der Waals surface area contributed by atoms with Gasteiger partial charge in [0.25, 0.3) is 0 Å². The number of hydrogen-bond donors (Lipinski definition) is 2. The van der Waals surface area contributed by atoms with E-state index >= 15 is 0 Å². The van der Waals surface area contributed by atoms with Crippen LogP contribution < -0.4 is 15.4 Å². The number of benzene rings is 1. The van der Waals surface area contributed by atoms with Crippen molar-refractivity contribution in [2.24, 2.45) is 0 Å². The molecule has 0 saturated carbocycles. The smallest absolute Gasteiger partial charge is 0.233 e. The number of methoxy groups -OCH3 is 1. The van der Waals surface area contributed by atoms with Crippen LogP contribution >= 0.6 is 0 Å². The summed E-state index contributed by atoms with van der Waals surface area (Å²) in [5.74, 6) is 0.928. The lowest BCUT2D eigenvalue weighted by atomic mass is 10.1. The molecule has 0 atom stereocenters. The van der Waals surface area contributed by atoms with Gasteiger partial charge >= 0.3 is 0 Å². The topological polar surface area (TPSA) is 50.4 Å². The first-order valence-corrected chi connectivity index (χ1v) is 6.36. The van der Waals surface area contributed by atoms with Gasteiger partial charge in [0.15, 0.2) is 0 Å². The Balaban J connectivity index is 2.15. The van der Waals surface area contributed by atoms with Crippen LogP contribution in [-0.2, 0) is 11.2 Å². The van der Waals surface area contributed by atoms with E-state index in [9.17, 15) is 4.79 Å². The minimum atomic E-state index is 0.0616. The first-order valence-electron chi connectivity index (χ1n) is 6.36. The summed E-state index contributed by atoms with van der Waals surface area (Å²) in [5, 5.41) is 5.96. The molecule has 0 fully saturated rings. The summed E-state index contributed by atoms with van der Waals surface area (Å²) >= 11 is 0.